The molecule has 3 aromatic rings. The highest BCUT2D eigenvalue weighted by Gasteiger charge is 2.36. The Kier molecular flexibility index (Phi) is 9.80. The molecule has 214 valence electrons. The molecule has 0 saturated carbocycles. The lowest BCUT2D eigenvalue weighted by atomic mass is 10.1. The number of hydrogen-bond acceptors (Lipinski definition) is 4. The number of sulfonamides is 1. The normalized spacial score (nSPS) is 12.5. The molecule has 0 aromatic heterocycles. The maximum atomic E-state index is 13.7. The van der Waals surface area contributed by atoms with Crippen LogP contribution in [0.25, 0.3) is 0 Å². The van der Waals surface area contributed by atoms with Crippen LogP contribution in [0.3, 0.4) is 0 Å². The van der Waals surface area contributed by atoms with E-state index in [0.29, 0.717) is 22.0 Å². The first-order valence-corrected chi connectivity index (χ1v) is 13.8. The van der Waals surface area contributed by atoms with Crippen molar-refractivity contribution in [1.29, 1.82) is 0 Å². The number of likely N-dealkylation sites (N-methyl/N-ethyl adjacent to an activating group) is 1. The Morgan fingerprint density at radius 1 is 1.00 bits per heavy atom. The molecule has 0 spiro atoms. The van der Waals surface area contributed by atoms with Gasteiger partial charge in [0.1, 0.15) is 18.4 Å². The number of nitrogens with one attached hydrogen (secondary N) is 1. The van der Waals surface area contributed by atoms with Crippen LogP contribution in [-0.4, -0.2) is 44.3 Å². The lowest BCUT2D eigenvalue weighted by Crippen LogP contribution is -2.51. The van der Waals surface area contributed by atoms with Crippen LogP contribution in [0, 0.1) is 5.82 Å². The number of carbonyl (C=O) groups is 2. The smallest absolute Gasteiger partial charge is 0.355 e. The number of rotatable bonds is 10. The van der Waals surface area contributed by atoms with Crippen LogP contribution in [0.5, 0.6) is 0 Å². The number of carbonyl (C=O) groups excluding carboxylic acids is 2. The van der Waals surface area contributed by atoms with Gasteiger partial charge in [-0.15, -0.1) is 0 Å². The van der Waals surface area contributed by atoms with Gasteiger partial charge in [-0.2, -0.15) is 13.2 Å². The van der Waals surface area contributed by atoms with Crippen molar-refractivity contribution in [3.8, 4) is 0 Å². The first kappa shape index (κ1) is 30.9. The van der Waals surface area contributed by atoms with Gasteiger partial charge in [-0.25, -0.2) is 12.8 Å². The summed E-state index contributed by atoms with van der Waals surface area (Å²) < 4.78 is 82.0. The highest BCUT2D eigenvalue weighted by atomic mass is 35.5. The molecule has 3 aromatic carbocycles. The van der Waals surface area contributed by atoms with E-state index in [9.17, 15) is 35.6 Å². The molecule has 7 nitrogen and oxygen atoms in total. The van der Waals surface area contributed by atoms with Gasteiger partial charge < -0.3 is 10.2 Å². The summed E-state index contributed by atoms with van der Waals surface area (Å²) in [5, 5.41) is 2.23. The summed E-state index contributed by atoms with van der Waals surface area (Å²) in [7, 11) is -4.62. The minimum absolute atomic E-state index is 0.215. The summed E-state index contributed by atoms with van der Waals surface area (Å²) in [5.41, 5.74) is -1.31. The van der Waals surface area contributed by atoms with Gasteiger partial charge in [-0.3, -0.25) is 13.9 Å². The van der Waals surface area contributed by atoms with Crippen molar-refractivity contribution in [3.63, 3.8) is 0 Å². The zero-order valence-electron chi connectivity index (χ0n) is 21.5. The molecule has 0 radical (unpaired) electrons. The molecule has 13 heteroatoms. The highest BCUT2D eigenvalue weighted by Crippen LogP contribution is 2.37. The molecule has 0 aliphatic rings. The van der Waals surface area contributed by atoms with Crippen molar-refractivity contribution in [2.75, 3.05) is 17.4 Å². The largest absolute Gasteiger partial charge is 0.416 e. The molecule has 1 N–H and O–H groups in total. The zero-order chi connectivity index (χ0) is 29.7. The first-order valence-electron chi connectivity index (χ1n) is 12.0. The quantitative estimate of drug-likeness (QED) is 0.323. The molecule has 40 heavy (non-hydrogen) atoms. The van der Waals surface area contributed by atoms with Gasteiger partial charge in [-0.05, 0) is 61.9 Å². The van der Waals surface area contributed by atoms with Gasteiger partial charge in [0, 0.05) is 13.1 Å². The second-order valence-electron chi connectivity index (χ2n) is 8.71. The van der Waals surface area contributed by atoms with Gasteiger partial charge in [0.2, 0.25) is 11.8 Å². The van der Waals surface area contributed by atoms with Crippen molar-refractivity contribution in [3.05, 3.63) is 94.8 Å². The minimum Gasteiger partial charge on any atom is -0.355 e. The number of nitrogens with zero attached hydrogens (tertiary/aromatic N) is 2. The predicted molar refractivity (Wildman–Crippen MR) is 143 cm³/mol. The van der Waals surface area contributed by atoms with Crippen LogP contribution in [-0.2, 0) is 32.3 Å². The Bertz CT molecular complexity index is 1450. The summed E-state index contributed by atoms with van der Waals surface area (Å²) >= 11 is 6.20. The van der Waals surface area contributed by atoms with Crippen molar-refractivity contribution in [2.24, 2.45) is 0 Å². The van der Waals surface area contributed by atoms with Crippen molar-refractivity contribution in [2.45, 2.75) is 37.5 Å². The van der Waals surface area contributed by atoms with Gasteiger partial charge in [0.15, 0.2) is 0 Å². The first-order chi connectivity index (χ1) is 18.8. The summed E-state index contributed by atoms with van der Waals surface area (Å²) in [5.74, 6) is -1.98. The Morgan fingerprint density at radius 2 is 1.62 bits per heavy atom. The van der Waals surface area contributed by atoms with E-state index in [4.69, 9.17) is 11.6 Å². The Hall–Kier alpha value is -3.64. The average molecular weight is 600 g/mol. The van der Waals surface area contributed by atoms with Crippen LogP contribution in [0.1, 0.15) is 25.0 Å². The summed E-state index contributed by atoms with van der Waals surface area (Å²) in [6, 6.07) is 12.9. The molecule has 0 bridgehead atoms. The molecular weight excluding hydrogens is 574 g/mol. The second-order valence-corrected chi connectivity index (χ2v) is 11.0. The number of alkyl halides is 3. The predicted octanol–water partition coefficient (Wildman–Crippen LogP) is 5.25. The summed E-state index contributed by atoms with van der Waals surface area (Å²) in [6.45, 7) is 2.13. The molecule has 0 fully saturated rings. The van der Waals surface area contributed by atoms with E-state index in [1.807, 2.05) is 0 Å². The third-order valence-electron chi connectivity index (χ3n) is 5.94. The molecule has 2 amide bonds. The molecule has 3 rings (SSSR count). The number of amides is 2. The SMILES string of the molecule is CCNC(=O)[C@@H](C)N(Cc1ccc(F)cc1)C(=O)CN(c1cc(C(F)(F)F)ccc1Cl)S(=O)(=O)c1ccccc1. The average Bonchev–Trinajstić information content (AvgIpc) is 2.91. The monoisotopic (exact) mass is 599 g/mol. The Morgan fingerprint density at radius 3 is 2.20 bits per heavy atom. The number of anilines is 1. The minimum atomic E-state index is -4.83. The van der Waals surface area contributed by atoms with Crippen molar-refractivity contribution < 1.29 is 35.6 Å². The van der Waals surface area contributed by atoms with Crippen LogP contribution in [0.2, 0.25) is 5.02 Å². The molecule has 1 atom stereocenters. The standard InChI is InChI=1S/C27H26ClF4N3O4S/c1-3-33-26(37)18(2)34(16-19-9-12-21(29)13-10-19)25(36)17-35(40(38,39)22-7-5-4-6-8-22)24-15-20(27(30,31)32)11-14-23(24)28/h4-15,18H,3,16-17H2,1-2H3,(H,33,37)/t18-/m1/s1. The lowest BCUT2D eigenvalue weighted by Gasteiger charge is -2.32. The van der Waals surface area contributed by atoms with E-state index >= 15 is 0 Å². The zero-order valence-corrected chi connectivity index (χ0v) is 23.0. The third-order valence-corrected chi connectivity index (χ3v) is 8.03. The van der Waals surface area contributed by atoms with E-state index in [1.165, 1.54) is 43.3 Å². The molecule has 0 unspecified atom stereocenters. The van der Waals surface area contributed by atoms with E-state index in [-0.39, 0.29) is 23.0 Å². The number of benzene rings is 3. The highest BCUT2D eigenvalue weighted by molar-refractivity contribution is 7.92. The van der Waals surface area contributed by atoms with Crippen molar-refractivity contribution >= 4 is 39.1 Å². The van der Waals surface area contributed by atoms with E-state index in [2.05, 4.69) is 5.32 Å². The molecule has 0 aliphatic carbocycles. The van der Waals surface area contributed by atoms with E-state index in [0.717, 1.165) is 23.1 Å². The van der Waals surface area contributed by atoms with Gasteiger partial charge in [-0.1, -0.05) is 41.9 Å². The van der Waals surface area contributed by atoms with Crippen LogP contribution < -0.4 is 9.62 Å². The topological polar surface area (TPSA) is 86.8 Å². The van der Waals surface area contributed by atoms with E-state index < -0.39 is 57.7 Å². The van der Waals surface area contributed by atoms with Crippen LogP contribution >= 0.6 is 11.6 Å². The maximum Gasteiger partial charge on any atom is 0.416 e. The van der Waals surface area contributed by atoms with E-state index in [1.54, 1.807) is 13.0 Å². The third kappa shape index (κ3) is 7.30. The molecule has 0 aliphatic heterocycles. The maximum absolute atomic E-state index is 13.7. The Balaban J connectivity index is 2.12. The number of hydrogen-bond donors (Lipinski definition) is 1. The van der Waals surface area contributed by atoms with Crippen LogP contribution in [0.4, 0.5) is 23.2 Å². The summed E-state index contributed by atoms with van der Waals surface area (Å²) in [4.78, 5) is 27.2. The fourth-order valence-corrected chi connectivity index (χ4v) is 5.52. The second kappa shape index (κ2) is 12.7. The molecule has 0 saturated heterocycles. The van der Waals surface area contributed by atoms with Gasteiger partial charge in [0.25, 0.3) is 10.0 Å². The Labute approximate surface area is 234 Å². The number of halogens is 5. The fraction of sp³-hybridized carbons (Fsp3) is 0.259. The van der Waals surface area contributed by atoms with Crippen molar-refractivity contribution in [1.82, 2.24) is 10.2 Å². The van der Waals surface area contributed by atoms with Gasteiger partial charge >= 0.3 is 6.18 Å². The van der Waals surface area contributed by atoms with Gasteiger partial charge in [0.05, 0.1) is 21.2 Å². The lowest BCUT2D eigenvalue weighted by molar-refractivity contribution is -0.139. The molecular formula is C27H26ClF4N3O4S. The van der Waals surface area contributed by atoms with Crippen LogP contribution in [0.15, 0.2) is 77.7 Å². The molecule has 0 heterocycles. The summed E-state index contributed by atoms with van der Waals surface area (Å²) in [6.07, 6.45) is -4.83. The fourth-order valence-electron chi connectivity index (χ4n) is 3.80.